The molecule has 0 aliphatic carbocycles. The van der Waals surface area contributed by atoms with E-state index in [4.69, 9.17) is 14.3 Å². The van der Waals surface area contributed by atoms with Crippen LogP contribution in [0.3, 0.4) is 0 Å². The summed E-state index contributed by atoms with van der Waals surface area (Å²) < 4.78 is 50.5. The van der Waals surface area contributed by atoms with Crippen LogP contribution in [0, 0.1) is 0 Å². The summed E-state index contributed by atoms with van der Waals surface area (Å²) in [6.45, 7) is 0.659. The van der Waals surface area contributed by atoms with Crippen molar-refractivity contribution >= 4 is 23.4 Å². The Hall–Kier alpha value is -3.93. The molecule has 3 heterocycles. The highest BCUT2D eigenvalue weighted by Crippen LogP contribution is 2.35. The van der Waals surface area contributed by atoms with E-state index in [2.05, 4.69) is 15.3 Å². The van der Waals surface area contributed by atoms with E-state index in [1.807, 2.05) is 4.90 Å². The maximum Gasteiger partial charge on any atom is 0.452 e. The summed E-state index contributed by atoms with van der Waals surface area (Å²) in [4.78, 5) is 33.1. The molecule has 0 bridgehead atoms. The summed E-state index contributed by atoms with van der Waals surface area (Å²) in [5.41, 5.74) is -0.410. The number of oxazole rings is 1. The third kappa shape index (κ3) is 5.34. The van der Waals surface area contributed by atoms with Gasteiger partial charge in [0, 0.05) is 18.7 Å². The molecule has 1 saturated heterocycles. The van der Waals surface area contributed by atoms with Crippen LogP contribution in [0.25, 0.3) is 11.5 Å². The van der Waals surface area contributed by atoms with Crippen LogP contribution in [0.15, 0.2) is 53.1 Å². The number of carbonyl (C=O) groups is 2. The number of pyridine rings is 1. The largest absolute Gasteiger partial charge is 0.480 e. The molecule has 178 valence electrons. The summed E-state index contributed by atoms with van der Waals surface area (Å²) in [6.07, 6.45) is -3.22. The number of hydrogen-bond donors (Lipinski definition) is 2. The molecule has 12 heteroatoms. The number of ether oxygens (including phenoxy) is 1. The first-order valence-corrected chi connectivity index (χ1v) is 10.2. The van der Waals surface area contributed by atoms with Crippen molar-refractivity contribution in [1.29, 1.82) is 0 Å². The molecule has 3 aromatic rings. The van der Waals surface area contributed by atoms with Gasteiger partial charge < -0.3 is 24.5 Å². The smallest absolute Gasteiger partial charge is 0.452 e. The highest BCUT2D eigenvalue weighted by molar-refractivity contribution is 6.04. The minimum atomic E-state index is -4.91. The average Bonchev–Trinajstić information content (AvgIpc) is 3.47. The zero-order valence-corrected chi connectivity index (χ0v) is 17.6. The molecule has 2 N–H and O–H groups in total. The van der Waals surface area contributed by atoms with Crippen LogP contribution in [-0.2, 0) is 15.7 Å². The molecule has 0 spiro atoms. The zero-order chi connectivity index (χ0) is 24.3. The molecule has 1 aromatic carbocycles. The van der Waals surface area contributed by atoms with Crippen LogP contribution in [0.2, 0.25) is 0 Å². The van der Waals surface area contributed by atoms with Gasteiger partial charge in [0.25, 0.3) is 5.91 Å². The predicted molar refractivity (Wildman–Crippen MR) is 113 cm³/mol. The maximum absolute atomic E-state index is 13.5. The topological polar surface area (TPSA) is 118 Å². The monoisotopic (exact) mass is 476 g/mol. The number of amides is 1. The van der Waals surface area contributed by atoms with E-state index in [9.17, 15) is 22.8 Å². The van der Waals surface area contributed by atoms with Crippen LogP contribution in [0.1, 0.15) is 22.7 Å². The van der Waals surface area contributed by atoms with Gasteiger partial charge in [-0.2, -0.15) is 13.2 Å². The Bertz CT molecular complexity index is 1170. The molecule has 34 heavy (non-hydrogen) atoms. The normalized spacial score (nSPS) is 16.0. The van der Waals surface area contributed by atoms with Crippen LogP contribution >= 0.6 is 0 Å². The minimum absolute atomic E-state index is 0.170. The second-order valence-corrected chi connectivity index (χ2v) is 7.48. The highest BCUT2D eigenvalue weighted by Gasteiger charge is 2.42. The van der Waals surface area contributed by atoms with Gasteiger partial charge in [0.2, 0.25) is 11.7 Å². The van der Waals surface area contributed by atoms with E-state index < -0.39 is 29.5 Å². The first-order valence-electron chi connectivity index (χ1n) is 10.2. The second-order valence-electron chi connectivity index (χ2n) is 7.48. The Morgan fingerprint density at radius 3 is 2.62 bits per heavy atom. The first-order chi connectivity index (χ1) is 16.2. The number of carboxylic acid groups (broad SMARTS) is 1. The number of carbonyl (C=O) groups excluding carboxylic acids is 1. The Balaban J connectivity index is 1.46. The molecule has 2 aromatic heterocycles. The lowest BCUT2D eigenvalue weighted by Gasteiger charge is -2.17. The molecule has 1 aliphatic heterocycles. The number of anilines is 2. The number of nitrogens with one attached hydrogen (secondary N) is 1. The molecule has 1 aliphatic rings. The number of benzene rings is 1. The molecule has 1 atom stereocenters. The molecule has 1 unspecified atom stereocenters. The van der Waals surface area contributed by atoms with Crippen LogP contribution in [0.4, 0.5) is 24.7 Å². The van der Waals surface area contributed by atoms with Crippen molar-refractivity contribution < 1.29 is 37.0 Å². The Kier molecular flexibility index (Phi) is 6.50. The summed E-state index contributed by atoms with van der Waals surface area (Å²) in [5, 5.41) is 11.1. The molecule has 4 rings (SSSR count). The fraction of sp³-hybridized carbons (Fsp3) is 0.273. The fourth-order valence-electron chi connectivity index (χ4n) is 3.47. The number of aliphatic carboxylic acids is 1. The van der Waals surface area contributed by atoms with Crippen molar-refractivity contribution in [2.24, 2.45) is 0 Å². The van der Waals surface area contributed by atoms with Gasteiger partial charge in [0.05, 0.1) is 18.0 Å². The molecule has 0 radical (unpaired) electrons. The average molecular weight is 476 g/mol. The number of nitrogens with zero attached hydrogens (tertiary/aromatic N) is 3. The summed E-state index contributed by atoms with van der Waals surface area (Å²) in [6, 6.07) is 11.0. The van der Waals surface area contributed by atoms with Crippen molar-refractivity contribution in [1.82, 2.24) is 9.97 Å². The number of aromatic nitrogens is 2. The Morgan fingerprint density at radius 1 is 1.21 bits per heavy atom. The standard InChI is InChI=1S/C22H19F3N4O5/c23-22(24,25)19-18(28-21(34-19)13-4-2-1-3-5-13)20(32)27-14-6-7-16(26-10-14)29-9-8-15(11-29)33-12-17(30)31/h1-7,10,15H,8-9,11-12H2,(H,27,32)(H,30,31). The first kappa shape index (κ1) is 23.2. The van der Waals surface area contributed by atoms with Crippen molar-refractivity contribution in [3.8, 4) is 11.5 Å². The highest BCUT2D eigenvalue weighted by atomic mass is 19.4. The van der Waals surface area contributed by atoms with E-state index in [1.54, 1.807) is 24.3 Å². The fourth-order valence-corrected chi connectivity index (χ4v) is 3.47. The van der Waals surface area contributed by atoms with Crippen molar-refractivity contribution in [2.45, 2.75) is 18.7 Å². The van der Waals surface area contributed by atoms with Gasteiger partial charge in [-0.25, -0.2) is 14.8 Å². The molecule has 9 nitrogen and oxygen atoms in total. The van der Waals surface area contributed by atoms with E-state index in [1.165, 1.54) is 24.4 Å². The minimum Gasteiger partial charge on any atom is -0.480 e. The molecule has 0 saturated carbocycles. The number of carboxylic acids is 1. The molecule has 1 fully saturated rings. The van der Waals surface area contributed by atoms with Crippen molar-refractivity contribution in [3.05, 3.63) is 60.1 Å². The second kappa shape index (κ2) is 9.51. The summed E-state index contributed by atoms with van der Waals surface area (Å²) in [7, 11) is 0. The Labute approximate surface area is 191 Å². The number of hydrogen-bond acceptors (Lipinski definition) is 7. The van der Waals surface area contributed by atoms with Crippen molar-refractivity contribution in [2.75, 3.05) is 29.9 Å². The third-order valence-electron chi connectivity index (χ3n) is 5.04. The lowest BCUT2D eigenvalue weighted by atomic mass is 10.2. The third-order valence-corrected chi connectivity index (χ3v) is 5.04. The van der Waals surface area contributed by atoms with Gasteiger partial charge in [-0.05, 0) is 30.7 Å². The lowest BCUT2D eigenvalue weighted by molar-refractivity contribution is -0.153. The molecule has 1 amide bonds. The van der Waals surface area contributed by atoms with E-state index in [-0.39, 0.29) is 24.3 Å². The van der Waals surface area contributed by atoms with E-state index in [0.717, 1.165) is 0 Å². The predicted octanol–water partition coefficient (Wildman–Crippen LogP) is 3.69. The van der Waals surface area contributed by atoms with Gasteiger partial charge in [0.1, 0.15) is 12.4 Å². The summed E-state index contributed by atoms with van der Waals surface area (Å²) in [5.74, 6) is -3.38. The summed E-state index contributed by atoms with van der Waals surface area (Å²) >= 11 is 0. The number of halogens is 3. The molecular weight excluding hydrogens is 457 g/mol. The zero-order valence-electron chi connectivity index (χ0n) is 17.6. The van der Waals surface area contributed by atoms with Crippen LogP contribution < -0.4 is 10.2 Å². The quantitative estimate of drug-likeness (QED) is 0.530. The van der Waals surface area contributed by atoms with E-state index >= 15 is 0 Å². The van der Waals surface area contributed by atoms with Gasteiger partial charge in [-0.15, -0.1) is 0 Å². The van der Waals surface area contributed by atoms with Gasteiger partial charge in [0.15, 0.2) is 5.69 Å². The van der Waals surface area contributed by atoms with Gasteiger partial charge in [-0.3, -0.25) is 4.79 Å². The van der Waals surface area contributed by atoms with E-state index in [0.29, 0.717) is 30.9 Å². The van der Waals surface area contributed by atoms with Gasteiger partial charge in [-0.1, -0.05) is 18.2 Å². The SMILES string of the molecule is O=C(O)COC1CCN(c2ccc(NC(=O)c3nc(-c4ccccc4)oc3C(F)(F)F)cn2)C1. The number of alkyl halides is 3. The van der Waals surface area contributed by atoms with Gasteiger partial charge >= 0.3 is 12.1 Å². The van der Waals surface area contributed by atoms with Crippen molar-refractivity contribution in [3.63, 3.8) is 0 Å². The number of rotatable bonds is 7. The molecular formula is C22H19F3N4O5. The van der Waals surface area contributed by atoms with Crippen LogP contribution in [0.5, 0.6) is 0 Å². The Morgan fingerprint density at radius 2 is 1.97 bits per heavy atom. The van der Waals surface area contributed by atoms with Crippen LogP contribution in [-0.4, -0.2) is 52.8 Å². The maximum atomic E-state index is 13.5. The lowest BCUT2D eigenvalue weighted by Crippen LogP contribution is -2.25.